The summed E-state index contributed by atoms with van der Waals surface area (Å²) in [6.07, 6.45) is -1.12. The van der Waals surface area contributed by atoms with E-state index in [2.05, 4.69) is 20.5 Å². The van der Waals surface area contributed by atoms with Gasteiger partial charge in [-0.15, -0.1) is 11.3 Å². The zero-order valence-electron chi connectivity index (χ0n) is 17.2. The van der Waals surface area contributed by atoms with Gasteiger partial charge >= 0.3 is 0 Å². The number of nitrogens with zero attached hydrogens (tertiary/aromatic N) is 2. The van der Waals surface area contributed by atoms with Crippen molar-refractivity contribution in [3.8, 4) is 11.3 Å². The van der Waals surface area contributed by atoms with Crippen LogP contribution < -0.4 is 11.1 Å². The van der Waals surface area contributed by atoms with Crippen LogP contribution in [-0.2, 0) is 0 Å². The summed E-state index contributed by atoms with van der Waals surface area (Å²) >= 11 is 13.0. The Kier molecular flexibility index (Phi) is 5.75. The first-order valence-electron chi connectivity index (χ1n) is 10.1. The van der Waals surface area contributed by atoms with Crippen molar-refractivity contribution in [3.05, 3.63) is 62.2 Å². The van der Waals surface area contributed by atoms with Gasteiger partial charge < -0.3 is 11.1 Å². The van der Waals surface area contributed by atoms with Gasteiger partial charge in [-0.25, -0.2) is 13.8 Å². The molecule has 4 aromatic rings. The highest BCUT2D eigenvalue weighted by molar-refractivity contribution is 7.21. The minimum atomic E-state index is -2.76. The topological polar surface area (TPSA) is 114 Å². The van der Waals surface area contributed by atoms with Gasteiger partial charge in [-0.05, 0) is 54.7 Å². The van der Waals surface area contributed by atoms with Crippen molar-refractivity contribution >= 4 is 62.3 Å². The zero-order valence-corrected chi connectivity index (χ0v) is 19.5. The number of H-pyrrole nitrogens is 1. The molecule has 1 aliphatic rings. The predicted molar refractivity (Wildman–Crippen MR) is 127 cm³/mol. The molecule has 12 heteroatoms. The van der Waals surface area contributed by atoms with Crippen LogP contribution in [0.25, 0.3) is 21.5 Å². The van der Waals surface area contributed by atoms with Crippen LogP contribution in [0.5, 0.6) is 0 Å². The number of rotatable bonds is 6. The number of alkyl halides is 2. The molecule has 1 fully saturated rings. The normalized spacial score (nSPS) is 13.6. The second kappa shape index (κ2) is 8.61. The molecule has 0 atom stereocenters. The summed E-state index contributed by atoms with van der Waals surface area (Å²) in [6.45, 7) is 0. The number of primary amides is 1. The number of aromatic amines is 1. The van der Waals surface area contributed by atoms with Crippen LogP contribution in [0.4, 0.5) is 14.5 Å². The summed E-state index contributed by atoms with van der Waals surface area (Å²) in [7, 11) is 0. The third-order valence-corrected chi connectivity index (χ3v) is 7.09. The van der Waals surface area contributed by atoms with Crippen LogP contribution in [0.15, 0.2) is 30.3 Å². The number of thiophene rings is 1. The fourth-order valence-electron chi connectivity index (χ4n) is 3.72. The minimum absolute atomic E-state index is 0.0321. The molecule has 3 heterocycles. The number of amides is 2. The lowest BCUT2D eigenvalue weighted by atomic mass is 10.0. The summed E-state index contributed by atoms with van der Waals surface area (Å²) in [5, 5.41) is 10.8. The lowest BCUT2D eigenvalue weighted by Gasteiger charge is -2.09. The van der Waals surface area contributed by atoms with E-state index < -0.39 is 18.2 Å². The van der Waals surface area contributed by atoms with E-state index in [1.165, 1.54) is 12.1 Å². The van der Waals surface area contributed by atoms with E-state index >= 15 is 0 Å². The molecule has 0 radical (unpaired) electrons. The first-order chi connectivity index (χ1) is 16.2. The molecule has 34 heavy (non-hydrogen) atoms. The number of fused-ring (bicyclic) bond motifs is 1. The molecule has 0 saturated heterocycles. The third-order valence-electron chi connectivity index (χ3n) is 5.45. The highest BCUT2D eigenvalue weighted by Gasteiger charge is 2.32. The van der Waals surface area contributed by atoms with E-state index in [0.29, 0.717) is 32.3 Å². The predicted octanol–water partition coefficient (Wildman–Crippen LogP) is 6.16. The van der Waals surface area contributed by atoms with Crippen LogP contribution in [-0.4, -0.2) is 27.0 Å². The van der Waals surface area contributed by atoms with Crippen LogP contribution in [0.3, 0.4) is 0 Å². The van der Waals surface area contributed by atoms with E-state index in [1.54, 1.807) is 18.2 Å². The molecule has 1 saturated carbocycles. The molecular formula is C22H15Cl2F2N5O2S. The van der Waals surface area contributed by atoms with Gasteiger partial charge in [-0.3, -0.25) is 14.7 Å². The highest BCUT2D eigenvalue weighted by atomic mass is 35.5. The van der Waals surface area contributed by atoms with Gasteiger partial charge in [0.05, 0.1) is 16.4 Å². The Morgan fingerprint density at radius 1 is 1.21 bits per heavy atom. The zero-order chi connectivity index (χ0) is 24.1. The van der Waals surface area contributed by atoms with Gasteiger partial charge in [0.1, 0.15) is 21.1 Å². The van der Waals surface area contributed by atoms with E-state index in [0.717, 1.165) is 24.2 Å². The molecule has 0 unspecified atom stereocenters. The largest absolute Gasteiger partial charge is 0.365 e. The Morgan fingerprint density at radius 3 is 2.62 bits per heavy atom. The maximum atomic E-state index is 13.4. The number of halogens is 4. The number of hydrogen-bond acceptors (Lipinski definition) is 5. The van der Waals surface area contributed by atoms with Crippen molar-refractivity contribution in [2.24, 2.45) is 5.73 Å². The monoisotopic (exact) mass is 521 g/mol. The maximum Gasteiger partial charge on any atom is 0.280 e. The Hall–Kier alpha value is -3.08. The van der Waals surface area contributed by atoms with Gasteiger partial charge in [0.2, 0.25) is 0 Å². The number of pyridine rings is 1. The number of carbonyl (C=O) groups is 2. The lowest BCUT2D eigenvalue weighted by molar-refractivity contribution is 0.100. The quantitative estimate of drug-likeness (QED) is 0.282. The van der Waals surface area contributed by atoms with Gasteiger partial charge in [0, 0.05) is 16.0 Å². The molecule has 0 spiro atoms. The molecule has 5 rings (SSSR count). The number of nitrogens with one attached hydrogen (secondary N) is 2. The lowest BCUT2D eigenvalue weighted by Crippen LogP contribution is -2.17. The average molecular weight is 522 g/mol. The summed E-state index contributed by atoms with van der Waals surface area (Å²) in [4.78, 5) is 29.5. The summed E-state index contributed by atoms with van der Waals surface area (Å²) in [5.41, 5.74) is 7.03. The van der Waals surface area contributed by atoms with Crippen LogP contribution in [0, 0.1) is 0 Å². The molecule has 0 bridgehead atoms. The molecule has 1 aliphatic carbocycles. The number of carbonyl (C=O) groups excluding carboxylic acids is 2. The van der Waals surface area contributed by atoms with E-state index in [4.69, 9.17) is 28.9 Å². The first kappa shape index (κ1) is 22.7. The molecule has 1 aromatic carbocycles. The van der Waals surface area contributed by atoms with Crippen molar-refractivity contribution in [1.82, 2.24) is 15.2 Å². The van der Waals surface area contributed by atoms with E-state index in [9.17, 15) is 18.4 Å². The minimum Gasteiger partial charge on any atom is -0.365 e. The van der Waals surface area contributed by atoms with Crippen molar-refractivity contribution in [2.75, 3.05) is 5.32 Å². The van der Waals surface area contributed by atoms with Gasteiger partial charge in [-0.1, -0.05) is 23.2 Å². The number of aromatic nitrogens is 3. The Bertz CT molecular complexity index is 1470. The smallest absolute Gasteiger partial charge is 0.280 e. The van der Waals surface area contributed by atoms with Crippen molar-refractivity contribution in [1.29, 1.82) is 0 Å². The number of hydrogen-bond donors (Lipinski definition) is 3. The Morgan fingerprint density at radius 2 is 1.97 bits per heavy atom. The van der Waals surface area contributed by atoms with Crippen molar-refractivity contribution in [3.63, 3.8) is 0 Å². The van der Waals surface area contributed by atoms with Crippen LogP contribution in [0.1, 0.15) is 56.6 Å². The number of anilines is 1. The third kappa shape index (κ3) is 4.13. The molecule has 7 nitrogen and oxygen atoms in total. The first-order valence-corrected chi connectivity index (χ1v) is 11.7. The second-order valence-electron chi connectivity index (χ2n) is 7.81. The van der Waals surface area contributed by atoms with E-state index in [1.807, 2.05) is 0 Å². The highest BCUT2D eigenvalue weighted by Crippen LogP contribution is 2.48. The van der Waals surface area contributed by atoms with E-state index in [-0.39, 0.29) is 32.7 Å². The fraction of sp³-hybridized carbons (Fsp3) is 0.182. The molecule has 0 aliphatic heterocycles. The molecular weight excluding hydrogens is 507 g/mol. The molecule has 174 valence electrons. The summed E-state index contributed by atoms with van der Waals surface area (Å²) in [6, 6.07) is 7.72. The average Bonchev–Trinajstić information content (AvgIpc) is 3.40. The van der Waals surface area contributed by atoms with Crippen LogP contribution >= 0.6 is 34.5 Å². The van der Waals surface area contributed by atoms with Crippen LogP contribution in [0.2, 0.25) is 10.0 Å². The van der Waals surface area contributed by atoms with Gasteiger partial charge in [0.15, 0.2) is 0 Å². The number of nitrogens with two attached hydrogens (primary N) is 1. The van der Waals surface area contributed by atoms with Gasteiger partial charge in [-0.2, -0.15) is 5.10 Å². The maximum absolute atomic E-state index is 13.4. The van der Waals surface area contributed by atoms with Crippen molar-refractivity contribution in [2.45, 2.75) is 25.2 Å². The Labute approximate surface area is 205 Å². The summed E-state index contributed by atoms with van der Waals surface area (Å²) in [5.74, 6) is -1.33. The standard InChI is InChI=1S/C22H15Cl2F2N5O2S/c23-9-3-4-10(12(24)5-9)13-7-15(31-30-13)21(33)29-17-16-11(8-1-2-8)6-14(19(25)26)28-22(16)34-18(17)20(27)32/h3-8,19H,1-2H2,(H2,27,32)(H,29,33)(H,30,31). The molecule has 4 N–H and O–H groups in total. The molecule has 2 amide bonds. The fourth-order valence-corrected chi connectivity index (χ4v) is 5.25. The summed E-state index contributed by atoms with van der Waals surface area (Å²) < 4.78 is 26.8. The number of benzene rings is 1. The van der Waals surface area contributed by atoms with Crippen molar-refractivity contribution < 1.29 is 18.4 Å². The molecule has 3 aromatic heterocycles. The second-order valence-corrected chi connectivity index (χ2v) is 9.65. The van der Waals surface area contributed by atoms with Gasteiger partial charge in [0.25, 0.3) is 18.2 Å². The SMILES string of the molecule is NC(=O)c1sc2nc(C(F)F)cc(C3CC3)c2c1NC(=O)c1cc(-c2ccc(Cl)cc2Cl)n[nH]1. The Balaban J connectivity index is 1.55.